The predicted molar refractivity (Wildman–Crippen MR) is 67.2 cm³/mol. The molecule has 0 bridgehead atoms. The Labute approximate surface area is 112 Å². The molecular weight excluding hydrogens is 272 g/mol. The summed E-state index contributed by atoms with van der Waals surface area (Å²) in [6.07, 6.45) is 1.92. The van der Waals surface area contributed by atoms with E-state index < -0.39 is 28.8 Å². The summed E-state index contributed by atoms with van der Waals surface area (Å²) in [7, 11) is 0. The van der Waals surface area contributed by atoms with Crippen LogP contribution in [0.2, 0.25) is 0 Å². The second-order valence-corrected chi connectivity index (χ2v) is 5.41. The van der Waals surface area contributed by atoms with Gasteiger partial charge >= 0.3 is 11.0 Å². The summed E-state index contributed by atoms with van der Waals surface area (Å²) in [5.74, 6) is -1.94. The number of hydrogen-bond acceptors (Lipinski definition) is 5. The molecule has 2 unspecified atom stereocenters. The first-order valence-corrected chi connectivity index (χ1v) is 6.58. The van der Waals surface area contributed by atoms with Gasteiger partial charge in [-0.3, -0.25) is 19.7 Å². The average Bonchev–Trinajstić information content (AvgIpc) is 2.96. The van der Waals surface area contributed by atoms with Crippen LogP contribution in [0.4, 0.5) is 5.00 Å². The number of carbonyl (C=O) groups excluding carboxylic acids is 1. The maximum atomic E-state index is 11.9. The van der Waals surface area contributed by atoms with E-state index >= 15 is 0 Å². The monoisotopic (exact) mass is 284 g/mol. The van der Waals surface area contributed by atoms with Gasteiger partial charge in [0, 0.05) is 12.1 Å². The van der Waals surface area contributed by atoms with Crippen molar-refractivity contribution in [2.75, 3.05) is 0 Å². The summed E-state index contributed by atoms with van der Waals surface area (Å²) >= 11 is 0.784. The van der Waals surface area contributed by atoms with E-state index in [0.29, 0.717) is 12.8 Å². The number of nitrogens with one attached hydrogen (secondary N) is 1. The molecule has 1 amide bonds. The van der Waals surface area contributed by atoms with Crippen molar-refractivity contribution in [1.82, 2.24) is 5.32 Å². The van der Waals surface area contributed by atoms with Crippen LogP contribution < -0.4 is 5.32 Å². The molecule has 1 saturated carbocycles. The topological polar surface area (TPSA) is 110 Å². The van der Waals surface area contributed by atoms with Crippen LogP contribution in [0.5, 0.6) is 0 Å². The fourth-order valence-corrected chi connectivity index (χ4v) is 2.94. The fourth-order valence-electron chi connectivity index (χ4n) is 2.22. The number of nitrogens with zero attached hydrogens (tertiary/aromatic N) is 1. The largest absolute Gasteiger partial charge is 0.481 e. The number of aliphatic carboxylic acids is 1. The van der Waals surface area contributed by atoms with Gasteiger partial charge in [0.25, 0.3) is 5.91 Å². The molecular formula is C11H12N2O5S. The molecule has 0 aliphatic heterocycles. The number of nitro groups is 1. The summed E-state index contributed by atoms with van der Waals surface area (Å²) in [5, 5.41) is 22.1. The number of hydrogen-bond donors (Lipinski definition) is 2. The predicted octanol–water partition coefficient (Wildman–Crippen LogP) is 1.64. The lowest BCUT2D eigenvalue weighted by atomic mass is 10.0. The molecule has 1 fully saturated rings. The number of carbonyl (C=O) groups is 2. The Morgan fingerprint density at radius 3 is 2.74 bits per heavy atom. The van der Waals surface area contributed by atoms with Crippen LogP contribution in [-0.2, 0) is 4.79 Å². The van der Waals surface area contributed by atoms with Crippen LogP contribution in [0.3, 0.4) is 0 Å². The van der Waals surface area contributed by atoms with Crippen LogP contribution in [0.15, 0.2) is 12.1 Å². The molecule has 1 aromatic rings. The summed E-state index contributed by atoms with van der Waals surface area (Å²) in [6.45, 7) is 0. The van der Waals surface area contributed by atoms with Gasteiger partial charge in [-0.25, -0.2) is 0 Å². The maximum Gasteiger partial charge on any atom is 0.324 e. The Morgan fingerprint density at radius 2 is 2.16 bits per heavy atom. The van der Waals surface area contributed by atoms with Crippen molar-refractivity contribution in [2.24, 2.45) is 5.92 Å². The lowest BCUT2D eigenvalue weighted by Gasteiger charge is -2.16. The molecule has 1 aromatic heterocycles. The highest BCUT2D eigenvalue weighted by atomic mass is 32.1. The molecule has 102 valence electrons. The first-order valence-electron chi connectivity index (χ1n) is 5.77. The van der Waals surface area contributed by atoms with Crippen molar-refractivity contribution in [3.8, 4) is 0 Å². The van der Waals surface area contributed by atoms with Gasteiger partial charge in [-0.2, -0.15) is 0 Å². The van der Waals surface area contributed by atoms with Crippen LogP contribution in [0, 0.1) is 16.0 Å². The van der Waals surface area contributed by atoms with Gasteiger partial charge in [0.1, 0.15) is 0 Å². The minimum absolute atomic E-state index is 0.105. The first-order chi connectivity index (χ1) is 8.99. The zero-order chi connectivity index (χ0) is 14.0. The fraction of sp³-hybridized carbons (Fsp3) is 0.455. The third kappa shape index (κ3) is 2.90. The molecule has 2 atom stereocenters. The van der Waals surface area contributed by atoms with Gasteiger partial charge in [0.05, 0.1) is 15.7 Å². The third-order valence-corrected chi connectivity index (χ3v) is 4.18. The molecule has 0 radical (unpaired) electrons. The zero-order valence-electron chi connectivity index (χ0n) is 9.87. The van der Waals surface area contributed by atoms with Crippen molar-refractivity contribution in [3.05, 3.63) is 27.1 Å². The highest BCUT2D eigenvalue weighted by molar-refractivity contribution is 7.17. The lowest BCUT2D eigenvalue weighted by Crippen LogP contribution is -2.39. The maximum absolute atomic E-state index is 11.9. The second kappa shape index (κ2) is 5.35. The van der Waals surface area contributed by atoms with Crippen LogP contribution in [0.25, 0.3) is 0 Å². The third-order valence-electron chi connectivity index (χ3n) is 3.15. The van der Waals surface area contributed by atoms with E-state index in [1.165, 1.54) is 12.1 Å². The molecule has 7 nitrogen and oxygen atoms in total. The normalized spacial score (nSPS) is 22.1. The van der Waals surface area contributed by atoms with Crippen molar-refractivity contribution in [1.29, 1.82) is 0 Å². The first kappa shape index (κ1) is 13.5. The Bertz CT molecular complexity index is 527. The van der Waals surface area contributed by atoms with Crippen molar-refractivity contribution >= 4 is 28.2 Å². The van der Waals surface area contributed by atoms with Gasteiger partial charge in [-0.05, 0) is 18.9 Å². The Hall–Kier alpha value is -1.96. The number of rotatable bonds is 4. The number of amides is 1. The van der Waals surface area contributed by atoms with E-state index in [4.69, 9.17) is 5.11 Å². The van der Waals surface area contributed by atoms with Gasteiger partial charge in [0.15, 0.2) is 0 Å². The molecule has 1 aliphatic rings. The Balaban J connectivity index is 2.04. The summed E-state index contributed by atoms with van der Waals surface area (Å²) in [6, 6.07) is 2.25. The minimum atomic E-state index is -0.917. The van der Waals surface area contributed by atoms with Crippen molar-refractivity contribution in [3.63, 3.8) is 0 Å². The molecule has 19 heavy (non-hydrogen) atoms. The summed E-state index contributed by atoms with van der Waals surface area (Å²) in [5.41, 5.74) is 0. The minimum Gasteiger partial charge on any atom is -0.481 e. The van der Waals surface area contributed by atoms with E-state index in [2.05, 4.69) is 5.32 Å². The van der Waals surface area contributed by atoms with E-state index in [1.54, 1.807) is 0 Å². The van der Waals surface area contributed by atoms with Gasteiger partial charge in [0.2, 0.25) is 0 Å². The molecule has 2 N–H and O–H groups in total. The van der Waals surface area contributed by atoms with Crippen LogP contribution >= 0.6 is 11.3 Å². The molecule has 1 heterocycles. The molecule has 8 heteroatoms. The number of carboxylic acid groups (broad SMARTS) is 1. The second-order valence-electron chi connectivity index (χ2n) is 4.35. The molecule has 1 aliphatic carbocycles. The van der Waals surface area contributed by atoms with Crippen molar-refractivity contribution < 1.29 is 19.6 Å². The standard InChI is InChI=1S/C11H12N2O5S/c14-10(8-4-5-9(19-8)13(17)18)12-7-3-1-2-6(7)11(15)16/h4-7H,1-3H2,(H,12,14)(H,15,16). The molecule has 0 spiro atoms. The Morgan fingerprint density at radius 1 is 1.42 bits per heavy atom. The number of thiophene rings is 1. The zero-order valence-corrected chi connectivity index (χ0v) is 10.7. The Kier molecular flexibility index (Phi) is 3.79. The van der Waals surface area contributed by atoms with E-state index in [0.717, 1.165) is 17.8 Å². The van der Waals surface area contributed by atoms with Crippen molar-refractivity contribution in [2.45, 2.75) is 25.3 Å². The van der Waals surface area contributed by atoms with Gasteiger partial charge < -0.3 is 10.4 Å². The van der Waals surface area contributed by atoms with Crippen LogP contribution in [0.1, 0.15) is 28.9 Å². The van der Waals surface area contributed by atoms with E-state index in [-0.39, 0.29) is 9.88 Å². The van der Waals surface area contributed by atoms with E-state index in [9.17, 15) is 19.7 Å². The quantitative estimate of drug-likeness (QED) is 0.645. The number of carboxylic acids is 1. The smallest absolute Gasteiger partial charge is 0.324 e. The van der Waals surface area contributed by atoms with E-state index in [1.807, 2.05) is 0 Å². The highest BCUT2D eigenvalue weighted by Gasteiger charge is 2.34. The lowest BCUT2D eigenvalue weighted by molar-refractivity contribution is -0.380. The van der Waals surface area contributed by atoms with Gasteiger partial charge in [-0.15, -0.1) is 0 Å². The SMILES string of the molecule is O=C(NC1CCCC1C(=O)O)c1ccc([N+](=O)[O-])s1. The molecule has 0 saturated heterocycles. The molecule has 0 aromatic carbocycles. The summed E-state index contributed by atoms with van der Waals surface area (Å²) in [4.78, 5) is 33.1. The summed E-state index contributed by atoms with van der Waals surface area (Å²) < 4.78 is 0. The average molecular weight is 284 g/mol. The van der Waals surface area contributed by atoms with Crippen LogP contribution in [-0.4, -0.2) is 27.9 Å². The molecule has 2 rings (SSSR count). The van der Waals surface area contributed by atoms with Gasteiger partial charge in [-0.1, -0.05) is 17.8 Å². The highest BCUT2D eigenvalue weighted by Crippen LogP contribution is 2.28.